The molecule has 1 aliphatic rings. The lowest BCUT2D eigenvalue weighted by atomic mass is 10.0. The predicted molar refractivity (Wildman–Crippen MR) is 66.8 cm³/mol. The van der Waals surface area contributed by atoms with Gasteiger partial charge in [0, 0.05) is 6.42 Å². The first-order chi connectivity index (χ1) is 8.58. The number of aryl methyl sites for hydroxylation is 1. The van der Waals surface area contributed by atoms with Gasteiger partial charge in [0.15, 0.2) is 0 Å². The number of rotatable bonds is 3. The summed E-state index contributed by atoms with van der Waals surface area (Å²) >= 11 is 0. The van der Waals surface area contributed by atoms with Gasteiger partial charge in [-0.2, -0.15) is 5.26 Å². The molecule has 0 amide bonds. The number of nitriles is 1. The van der Waals surface area contributed by atoms with E-state index in [-0.39, 0.29) is 11.9 Å². The smallest absolute Gasteiger partial charge is 0.126 e. The lowest BCUT2D eigenvalue weighted by Crippen LogP contribution is -2.39. The second kappa shape index (κ2) is 4.95. The second-order valence-electron chi connectivity index (χ2n) is 4.84. The van der Waals surface area contributed by atoms with Crippen LogP contribution in [0.4, 0.5) is 4.39 Å². The van der Waals surface area contributed by atoms with Gasteiger partial charge in [-0.05, 0) is 50.6 Å². The molecule has 1 aromatic carbocycles. The highest BCUT2D eigenvalue weighted by Crippen LogP contribution is 2.32. The van der Waals surface area contributed by atoms with Gasteiger partial charge in [-0.1, -0.05) is 0 Å². The number of halogens is 1. The zero-order chi connectivity index (χ0) is 13.2. The Kier molecular flexibility index (Phi) is 3.53. The molecule has 0 radical (unpaired) electrons. The lowest BCUT2D eigenvalue weighted by Gasteiger charge is -2.20. The van der Waals surface area contributed by atoms with Gasteiger partial charge in [0.1, 0.15) is 23.2 Å². The van der Waals surface area contributed by atoms with Crippen molar-refractivity contribution in [1.29, 1.82) is 5.26 Å². The molecule has 96 valence electrons. The van der Waals surface area contributed by atoms with Crippen molar-refractivity contribution in [3.05, 3.63) is 29.6 Å². The maximum atomic E-state index is 13.1. The molecule has 2 unspecified atom stereocenters. The Balaban J connectivity index is 2.04. The zero-order valence-corrected chi connectivity index (χ0v) is 10.7. The molecule has 0 spiro atoms. The van der Waals surface area contributed by atoms with Crippen LogP contribution in [-0.2, 0) is 0 Å². The largest absolute Gasteiger partial charge is 0.490 e. The van der Waals surface area contributed by atoms with Crippen LogP contribution in [0.5, 0.6) is 5.75 Å². The van der Waals surface area contributed by atoms with Crippen LogP contribution < -0.4 is 10.1 Å². The Morgan fingerprint density at radius 3 is 2.89 bits per heavy atom. The summed E-state index contributed by atoms with van der Waals surface area (Å²) in [5, 5.41) is 12.2. The van der Waals surface area contributed by atoms with Crippen LogP contribution in [0.15, 0.2) is 18.2 Å². The highest BCUT2D eigenvalue weighted by atomic mass is 19.1. The molecular weight excluding hydrogens is 231 g/mol. The first kappa shape index (κ1) is 12.8. The maximum Gasteiger partial charge on any atom is 0.126 e. The standard InChI is InChI=1S/C14H17FN2O/c1-10-7-11(3-4-13(10)15)18-12-5-6-14(8-12,9-16)17-2/h3-4,7,12,17H,5-6,8H2,1-2H3. The molecular formula is C14H17FN2O. The Morgan fingerprint density at radius 1 is 1.56 bits per heavy atom. The minimum atomic E-state index is -0.472. The molecule has 1 N–H and O–H groups in total. The highest BCUT2D eigenvalue weighted by molar-refractivity contribution is 5.29. The van der Waals surface area contributed by atoms with Crippen LogP contribution in [-0.4, -0.2) is 18.7 Å². The quantitative estimate of drug-likeness (QED) is 0.894. The molecule has 4 heteroatoms. The maximum absolute atomic E-state index is 13.1. The fraction of sp³-hybridized carbons (Fsp3) is 0.500. The van der Waals surface area contributed by atoms with E-state index in [2.05, 4.69) is 11.4 Å². The van der Waals surface area contributed by atoms with Gasteiger partial charge in [-0.15, -0.1) is 0 Å². The molecule has 0 heterocycles. The Labute approximate surface area is 107 Å². The summed E-state index contributed by atoms with van der Waals surface area (Å²) < 4.78 is 18.9. The van der Waals surface area contributed by atoms with Crippen molar-refractivity contribution in [2.45, 2.75) is 37.8 Å². The third-order valence-electron chi connectivity index (χ3n) is 3.59. The Morgan fingerprint density at radius 2 is 2.33 bits per heavy atom. The number of hydrogen-bond acceptors (Lipinski definition) is 3. The third kappa shape index (κ3) is 2.46. The van der Waals surface area contributed by atoms with E-state index in [1.165, 1.54) is 6.07 Å². The Bertz CT molecular complexity index is 483. The summed E-state index contributed by atoms with van der Waals surface area (Å²) in [6.45, 7) is 1.71. The van der Waals surface area contributed by atoms with E-state index in [1.54, 1.807) is 26.1 Å². The van der Waals surface area contributed by atoms with Crippen LogP contribution in [0.1, 0.15) is 24.8 Å². The number of nitrogens with one attached hydrogen (secondary N) is 1. The first-order valence-electron chi connectivity index (χ1n) is 6.11. The SMILES string of the molecule is CNC1(C#N)CCC(Oc2ccc(F)c(C)c2)C1. The van der Waals surface area contributed by atoms with Crippen LogP contribution >= 0.6 is 0 Å². The van der Waals surface area contributed by atoms with Gasteiger partial charge < -0.3 is 10.1 Å². The summed E-state index contributed by atoms with van der Waals surface area (Å²) in [5.41, 5.74) is 0.102. The van der Waals surface area contributed by atoms with E-state index in [9.17, 15) is 4.39 Å². The van der Waals surface area contributed by atoms with Crippen molar-refractivity contribution in [3.8, 4) is 11.8 Å². The fourth-order valence-corrected chi connectivity index (χ4v) is 2.37. The van der Waals surface area contributed by atoms with Crippen molar-refractivity contribution in [2.24, 2.45) is 0 Å². The van der Waals surface area contributed by atoms with E-state index in [4.69, 9.17) is 10.00 Å². The second-order valence-corrected chi connectivity index (χ2v) is 4.84. The van der Waals surface area contributed by atoms with Gasteiger partial charge in [0.05, 0.1) is 6.07 Å². The van der Waals surface area contributed by atoms with Crippen molar-refractivity contribution in [1.82, 2.24) is 5.32 Å². The van der Waals surface area contributed by atoms with Gasteiger partial charge in [-0.3, -0.25) is 0 Å². The minimum absolute atomic E-state index is 0.0157. The van der Waals surface area contributed by atoms with Crippen molar-refractivity contribution >= 4 is 0 Å². The fourth-order valence-electron chi connectivity index (χ4n) is 2.37. The van der Waals surface area contributed by atoms with E-state index in [0.717, 1.165) is 12.8 Å². The van der Waals surface area contributed by atoms with E-state index in [0.29, 0.717) is 17.7 Å². The molecule has 1 aliphatic carbocycles. The lowest BCUT2D eigenvalue weighted by molar-refractivity contribution is 0.201. The Hall–Kier alpha value is -1.60. The molecule has 3 nitrogen and oxygen atoms in total. The molecule has 0 saturated heterocycles. The minimum Gasteiger partial charge on any atom is -0.490 e. The molecule has 1 fully saturated rings. The van der Waals surface area contributed by atoms with Gasteiger partial charge in [0.2, 0.25) is 0 Å². The number of benzene rings is 1. The summed E-state index contributed by atoms with van der Waals surface area (Å²) in [4.78, 5) is 0. The van der Waals surface area contributed by atoms with E-state index >= 15 is 0 Å². The average molecular weight is 248 g/mol. The van der Waals surface area contributed by atoms with Gasteiger partial charge in [-0.25, -0.2) is 4.39 Å². The summed E-state index contributed by atoms with van der Waals surface area (Å²) in [7, 11) is 1.80. The normalized spacial score (nSPS) is 26.9. The molecule has 1 aromatic rings. The molecule has 2 rings (SSSR count). The van der Waals surface area contributed by atoms with Crippen LogP contribution in [0.3, 0.4) is 0 Å². The first-order valence-corrected chi connectivity index (χ1v) is 6.11. The van der Waals surface area contributed by atoms with E-state index < -0.39 is 5.54 Å². The van der Waals surface area contributed by atoms with Gasteiger partial charge in [0.25, 0.3) is 0 Å². The molecule has 2 atom stereocenters. The number of nitrogens with zero attached hydrogens (tertiary/aromatic N) is 1. The molecule has 0 bridgehead atoms. The molecule has 18 heavy (non-hydrogen) atoms. The molecule has 0 aliphatic heterocycles. The number of ether oxygens (including phenoxy) is 1. The predicted octanol–water partition coefficient (Wildman–Crippen LogP) is 2.55. The van der Waals surface area contributed by atoms with Crippen molar-refractivity contribution < 1.29 is 9.13 Å². The zero-order valence-electron chi connectivity index (χ0n) is 10.7. The van der Waals surface area contributed by atoms with E-state index in [1.807, 2.05) is 0 Å². The van der Waals surface area contributed by atoms with Crippen molar-refractivity contribution in [3.63, 3.8) is 0 Å². The van der Waals surface area contributed by atoms with Gasteiger partial charge >= 0.3 is 0 Å². The monoisotopic (exact) mass is 248 g/mol. The highest BCUT2D eigenvalue weighted by Gasteiger charge is 2.39. The van der Waals surface area contributed by atoms with Crippen LogP contribution in [0.2, 0.25) is 0 Å². The summed E-state index contributed by atoms with van der Waals surface area (Å²) in [6, 6.07) is 7.05. The van der Waals surface area contributed by atoms with Crippen molar-refractivity contribution in [2.75, 3.05) is 7.05 Å². The number of hydrogen-bond donors (Lipinski definition) is 1. The van der Waals surface area contributed by atoms with Crippen LogP contribution in [0.25, 0.3) is 0 Å². The summed E-state index contributed by atoms with van der Waals surface area (Å²) in [6.07, 6.45) is 2.30. The van der Waals surface area contributed by atoms with Crippen LogP contribution in [0, 0.1) is 24.1 Å². The average Bonchev–Trinajstić information content (AvgIpc) is 2.78. The molecule has 0 aromatic heterocycles. The topological polar surface area (TPSA) is 45.0 Å². The third-order valence-corrected chi connectivity index (χ3v) is 3.59. The summed E-state index contributed by atoms with van der Waals surface area (Å²) in [5.74, 6) is 0.444. The molecule has 1 saturated carbocycles.